The van der Waals surface area contributed by atoms with Gasteiger partial charge in [-0.1, -0.05) is 0 Å². The number of hydrogen-bond donors (Lipinski definition) is 11. The molecule has 0 aliphatic heterocycles. The summed E-state index contributed by atoms with van der Waals surface area (Å²) in [5.41, 5.74) is 0. The van der Waals surface area contributed by atoms with Gasteiger partial charge in [0.2, 0.25) is 0 Å². The summed E-state index contributed by atoms with van der Waals surface area (Å²) in [5.74, 6) is 0. The summed E-state index contributed by atoms with van der Waals surface area (Å²) in [6, 6.07) is 0. The van der Waals surface area contributed by atoms with E-state index in [-0.39, 0.29) is 61.5 Å². The van der Waals surface area contributed by atoms with Crippen molar-refractivity contribution in [3.63, 3.8) is 0 Å². The van der Waals surface area contributed by atoms with Crippen LogP contribution >= 0.6 is 0 Å². The molecule has 0 aromatic rings. The highest BCUT2D eigenvalue weighted by molar-refractivity contribution is 3.18. The Bertz CT molecular complexity index is 9.80. The Hall–Kier alpha value is -0.440. The van der Waals surface area contributed by atoms with Crippen molar-refractivity contribution in [2.24, 2.45) is 0 Å². The van der Waals surface area contributed by atoms with E-state index >= 15 is 0 Å². The maximum Gasteiger partial charge on any atom is 0.0319 e. The lowest BCUT2D eigenvalue weighted by Gasteiger charge is -1.21. The van der Waals surface area contributed by atoms with Crippen molar-refractivity contribution in [2.45, 2.75) is 0 Å². The van der Waals surface area contributed by atoms with Gasteiger partial charge >= 0.3 is 0 Å². The Labute approximate surface area is 74.9 Å². The summed E-state index contributed by atoms with van der Waals surface area (Å²) in [7, 11) is 1.00. The summed E-state index contributed by atoms with van der Waals surface area (Å²) in [4.78, 5) is 0. The lowest BCUT2D eigenvalue weighted by Crippen LogP contribution is -1.25. The van der Waals surface area contributed by atoms with Crippen LogP contribution in [0.5, 0.6) is 0 Å². The van der Waals surface area contributed by atoms with E-state index in [1.807, 2.05) is 0 Å². The summed E-state index contributed by atoms with van der Waals surface area (Å²) >= 11 is 0. The highest BCUT2D eigenvalue weighted by Crippen LogP contribution is 0.755. The molecule has 0 aromatic heterocycles. The fourth-order valence-corrected chi connectivity index (χ4v) is 0. The van der Waals surface area contributed by atoms with E-state index in [0.29, 0.717) is 0 Å². The third kappa shape index (κ3) is 3620. The van der Waals surface area contributed by atoms with Crippen LogP contribution in [0, 0.1) is 0 Å². The Balaban J connectivity index is -0.000000000111. The summed E-state index contributed by atoms with van der Waals surface area (Å²) < 4.78 is 0. The van der Waals surface area contributed by atoms with Crippen molar-refractivity contribution >= 4 is 0 Å². The minimum atomic E-state index is 0. The minimum Gasteiger partial charge on any atom is -0.400 e. The van der Waals surface area contributed by atoms with Crippen molar-refractivity contribution in [1.29, 1.82) is 0 Å². The first kappa shape index (κ1) is 4110. The van der Waals surface area contributed by atoms with Gasteiger partial charge in [0, 0.05) is 7.11 Å². The van der Waals surface area contributed by atoms with E-state index in [9.17, 15) is 0 Å². The molecule has 0 spiro atoms. The average Bonchev–Trinajstić information content (AvgIpc) is 1.00. The second-order valence-electron chi connectivity index (χ2n) is 0. The smallest absolute Gasteiger partial charge is 0.0319 e. The molecule has 0 aromatic carbocycles. The van der Waals surface area contributed by atoms with Crippen LogP contribution in [0.25, 0.3) is 0 Å². The predicted molar refractivity (Wildman–Crippen MR) is 58.4 cm³/mol. The third-order valence-corrected chi connectivity index (χ3v) is 0. The quantitative estimate of drug-likeness (QED) is 0.264. The maximum absolute atomic E-state index is 7.00. The van der Waals surface area contributed by atoms with Crippen molar-refractivity contribution in [3.05, 3.63) is 0 Å². The standard InChI is InChI=1S/CH4O.10H3N/c1-2;;;;;;;;;;/h2H,1H3;10*1H3. The van der Waals surface area contributed by atoms with Gasteiger partial charge in [0.1, 0.15) is 0 Å². The Kier molecular flexibility index (Phi) is 1710000. The van der Waals surface area contributed by atoms with Crippen LogP contribution in [0.15, 0.2) is 0 Å². The molecule has 0 saturated carbocycles. The first-order valence-corrected chi connectivity index (χ1v) is 0.447. The molecule has 0 aliphatic carbocycles. The van der Waals surface area contributed by atoms with Crippen LogP contribution in [0.3, 0.4) is 0 Å². The molecule has 0 aliphatic rings. The molecule has 0 unspecified atom stereocenters. The minimum absolute atomic E-state index is 0. The average molecular weight is 202 g/mol. The van der Waals surface area contributed by atoms with Crippen LogP contribution in [0.2, 0.25) is 0 Å². The lowest BCUT2D eigenvalue weighted by atomic mass is 11.8. The SMILES string of the molecule is CO.N.N.N.N.N.N.N.N.N.N. The van der Waals surface area contributed by atoms with Crippen LogP contribution in [0.1, 0.15) is 0 Å². The zero-order valence-corrected chi connectivity index (χ0v) is 8.52. The number of hydrogen-bond acceptors (Lipinski definition) is 11. The van der Waals surface area contributed by atoms with E-state index < -0.39 is 0 Å². The fraction of sp³-hybridized carbons (Fsp3) is 1.00. The zero-order valence-electron chi connectivity index (χ0n) is 8.52. The molecule has 0 saturated heterocycles. The third-order valence-electron chi connectivity index (χ3n) is 0. The van der Waals surface area contributed by atoms with E-state index in [1.165, 1.54) is 0 Å². The van der Waals surface area contributed by atoms with E-state index in [1.54, 1.807) is 0 Å². The first-order valence-electron chi connectivity index (χ1n) is 0.447. The molecule has 12 heavy (non-hydrogen) atoms. The summed E-state index contributed by atoms with van der Waals surface area (Å²) in [6.45, 7) is 0. The predicted octanol–water partition coefficient (Wildman–Crippen LogP) is 1.23. The van der Waals surface area contributed by atoms with Crippen LogP contribution in [0.4, 0.5) is 0 Å². The van der Waals surface area contributed by atoms with Gasteiger partial charge in [-0.2, -0.15) is 0 Å². The van der Waals surface area contributed by atoms with Crippen LogP contribution in [-0.4, -0.2) is 12.2 Å². The highest BCUT2D eigenvalue weighted by atomic mass is 16.2. The summed E-state index contributed by atoms with van der Waals surface area (Å²) in [5, 5.41) is 7.00. The van der Waals surface area contributed by atoms with Gasteiger partial charge in [-0.3, -0.25) is 0 Å². The van der Waals surface area contributed by atoms with Crippen molar-refractivity contribution in [1.82, 2.24) is 61.5 Å². The van der Waals surface area contributed by atoms with Gasteiger partial charge < -0.3 is 66.6 Å². The van der Waals surface area contributed by atoms with Crippen molar-refractivity contribution in [3.8, 4) is 0 Å². The molecule has 31 N–H and O–H groups in total. The van der Waals surface area contributed by atoms with E-state index in [2.05, 4.69) is 0 Å². The Morgan fingerprint density at radius 2 is 0.333 bits per heavy atom. The molecule has 0 fully saturated rings. The monoisotopic (exact) mass is 202 g/mol. The van der Waals surface area contributed by atoms with E-state index in [0.717, 1.165) is 7.11 Å². The molecule has 0 atom stereocenters. The fourth-order valence-electron chi connectivity index (χ4n) is 0. The summed E-state index contributed by atoms with van der Waals surface area (Å²) in [6.07, 6.45) is 0. The number of aliphatic hydroxyl groups excluding tert-OH is 1. The normalized spacial score (nSPS) is 0.500. The molecule has 0 heterocycles. The molecule has 0 rings (SSSR count). The molecular formula is CH34N10O. The van der Waals surface area contributed by atoms with Gasteiger partial charge in [0.15, 0.2) is 0 Å². The topological polar surface area (TPSA) is 370 Å². The maximum atomic E-state index is 7.00. The first-order chi connectivity index (χ1) is 1.00. The van der Waals surface area contributed by atoms with E-state index in [4.69, 9.17) is 5.11 Å². The van der Waals surface area contributed by atoms with Gasteiger partial charge in [-0.25, -0.2) is 0 Å². The second kappa shape index (κ2) is 4990. The molecule has 11 nitrogen and oxygen atoms in total. The number of rotatable bonds is 0. The lowest BCUT2D eigenvalue weighted by molar-refractivity contribution is 0.399. The van der Waals surface area contributed by atoms with Crippen LogP contribution < -0.4 is 61.5 Å². The molecule has 0 amide bonds. The van der Waals surface area contributed by atoms with Crippen molar-refractivity contribution in [2.75, 3.05) is 7.11 Å². The van der Waals surface area contributed by atoms with Gasteiger partial charge in [-0.05, 0) is 0 Å². The van der Waals surface area contributed by atoms with Crippen molar-refractivity contribution < 1.29 is 5.11 Å². The molecule has 0 bridgehead atoms. The number of aliphatic hydroxyl groups is 1. The molecule has 11 heteroatoms. The molecule has 0 radical (unpaired) electrons. The zero-order chi connectivity index (χ0) is 2.00. The van der Waals surface area contributed by atoms with Crippen LogP contribution in [-0.2, 0) is 0 Å². The largest absolute Gasteiger partial charge is 0.400 e. The highest BCUT2D eigenvalue weighted by Gasteiger charge is 0.839. The Morgan fingerprint density at radius 3 is 0.333 bits per heavy atom. The van der Waals surface area contributed by atoms with Gasteiger partial charge in [0.25, 0.3) is 0 Å². The molecule has 94 valence electrons. The van der Waals surface area contributed by atoms with Gasteiger partial charge in [-0.15, -0.1) is 0 Å². The van der Waals surface area contributed by atoms with Gasteiger partial charge in [0.05, 0.1) is 0 Å². The Morgan fingerprint density at radius 1 is 0.333 bits per heavy atom. The second-order valence-corrected chi connectivity index (χ2v) is 0. The molecular weight excluding hydrogens is 168 g/mol.